The van der Waals surface area contributed by atoms with E-state index in [-0.39, 0.29) is 0 Å². The smallest absolute Gasteiger partial charge is 0.119 e. The first kappa shape index (κ1) is 33.4. The van der Waals surface area contributed by atoms with Crippen molar-refractivity contribution in [3.05, 3.63) is 179 Å². The van der Waals surface area contributed by atoms with Crippen molar-refractivity contribution in [3.8, 4) is 33.8 Å². The molecule has 0 saturated carbocycles. The summed E-state index contributed by atoms with van der Waals surface area (Å²) < 4.78 is 12.0. The second-order valence-electron chi connectivity index (χ2n) is 15.0. The number of para-hydroxylation sites is 2. The molecule has 0 heterocycles. The first-order valence-corrected chi connectivity index (χ1v) is 20.9. The van der Waals surface area contributed by atoms with Crippen LogP contribution in [0.1, 0.15) is 57.7 Å². The summed E-state index contributed by atoms with van der Waals surface area (Å²) in [6, 6.07) is 52.4. The van der Waals surface area contributed by atoms with Gasteiger partial charge in [-0.15, -0.1) is 0 Å². The molecule has 6 aromatic carbocycles. The largest absolute Gasteiger partial charge is 0.489 e. The zero-order valence-corrected chi connectivity index (χ0v) is 31.0. The molecule has 2 aliphatic rings. The van der Waals surface area contributed by atoms with Gasteiger partial charge in [-0.3, -0.25) is 0 Å². The highest BCUT2D eigenvalue weighted by molar-refractivity contribution is 8.33. The third-order valence-electron chi connectivity index (χ3n) is 11.3. The molecular weight excluding hydrogens is 641 g/mol. The molecule has 0 aromatic heterocycles. The fourth-order valence-corrected chi connectivity index (χ4v) is 13.8. The molecule has 0 N–H and O–H groups in total. The predicted octanol–water partition coefficient (Wildman–Crippen LogP) is 12.4. The summed E-state index contributed by atoms with van der Waals surface area (Å²) >= 11 is 0. The quantitative estimate of drug-likeness (QED) is 0.143. The Bertz CT molecular complexity index is 1950. The lowest BCUT2D eigenvalue weighted by atomic mass is 9.96. The van der Waals surface area contributed by atoms with E-state index in [1.807, 2.05) is 60.7 Å². The van der Waals surface area contributed by atoms with E-state index >= 15 is 0 Å². The van der Waals surface area contributed by atoms with Gasteiger partial charge in [0, 0.05) is 10.5 Å². The van der Waals surface area contributed by atoms with E-state index in [1.165, 1.54) is 33.4 Å². The van der Waals surface area contributed by atoms with E-state index in [0.717, 1.165) is 24.3 Å². The summed E-state index contributed by atoms with van der Waals surface area (Å²) in [5.41, 5.74) is 14.1. The molecular formula is C48H48O2S. The molecule has 2 nitrogen and oxygen atoms in total. The Kier molecular flexibility index (Phi) is 9.25. The van der Waals surface area contributed by atoms with Gasteiger partial charge in [0.1, 0.15) is 24.7 Å². The van der Waals surface area contributed by atoms with Crippen LogP contribution in [0.15, 0.2) is 146 Å². The molecule has 0 aliphatic heterocycles. The standard InChI is InChI=1S/C48H48O2S/c1-33-29-45-41(37-25-21-35(22-26-37)31-49-39-13-7-5-8-14-39)17-11-19-43(45)47(33)51(3,4)48-34(2)30-46-42(18-12-20-44(46)48)38-27-23-36(24-28-38)32-50-40-15-9-6-10-16-40/h5-28,33-34,47-48H,29-32H2,1-4H3. The summed E-state index contributed by atoms with van der Waals surface area (Å²) in [4.78, 5) is 0. The first-order valence-electron chi connectivity index (χ1n) is 18.4. The minimum absolute atomic E-state index is 0.567. The van der Waals surface area contributed by atoms with Crippen LogP contribution in [0.4, 0.5) is 0 Å². The van der Waals surface area contributed by atoms with Crippen LogP contribution >= 0.6 is 10.0 Å². The Morgan fingerprint density at radius 2 is 0.863 bits per heavy atom. The van der Waals surface area contributed by atoms with Gasteiger partial charge < -0.3 is 9.47 Å². The molecule has 3 heteroatoms. The highest BCUT2D eigenvalue weighted by Gasteiger charge is 2.47. The fraction of sp³-hybridized carbons (Fsp3) is 0.250. The molecule has 51 heavy (non-hydrogen) atoms. The summed E-state index contributed by atoms with van der Waals surface area (Å²) in [5, 5.41) is 1.13. The molecule has 0 saturated heterocycles. The van der Waals surface area contributed by atoms with Crippen LogP contribution in [0, 0.1) is 11.8 Å². The van der Waals surface area contributed by atoms with Crippen molar-refractivity contribution in [1.82, 2.24) is 0 Å². The van der Waals surface area contributed by atoms with E-state index in [0.29, 0.717) is 35.5 Å². The highest BCUT2D eigenvalue weighted by Crippen LogP contribution is 2.73. The average molecular weight is 689 g/mol. The van der Waals surface area contributed by atoms with Crippen molar-refractivity contribution in [2.24, 2.45) is 11.8 Å². The monoisotopic (exact) mass is 688 g/mol. The first-order chi connectivity index (χ1) is 24.9. The molecule has 0 bridgehead atoms. The maximum atomic E-state index is 6.02. The Morgan fingerprint density at radius 1 is 0.471 bits per heavy atom. The number of fused-ring (bicyclic) bond motifs is 2. The number of hydrogen-bond donors (Lipinski definition) is 0. The van der Waals surface area contributed by atoms with Crippen molar-refractivity contribution in [1.29, 1.82) is 0 Å². The lowest BCUT2D eigenvalue weighted by Gasteiger charge is -2.48. The Morgan fingerprint density at radius 3 is 1.25 bits per heavy atom. The maximum Gasteiger partial charge on any atom is 0.119 e. The Balaban J connectivity index is 1.03. The molecule has 4 atom stereocenters. The lowest BCUT2D eigenvalue weighted by molar-refractivity contribution is 0.306. The van der Waals surface area contributed by atoms with Crippen LogP contribution < -0.4 is 9.47 Å². The fourth-order valence-electron chi connectivity index (χ4n) is 9.15. The number of ether oxygens (including phenoxy) is 2. The van der Waals surface area contributed by atoms with Crippen LogP contribution in [-0.2, 0) is 26.1 Å². The molecule has 0 fully saturated rings. The van der Waals surface area contributed by atoms with Gasteiger partial charge in [0.05, 0.1) is 0 Å². The average Bonchev–Trinajstić information content (AvgIpc) is 3.70. The van der Waals surface area contributed by atoms with E-state index < -0.39 is 10.0 Å². The third kappa shape index (κ3) is 6.61. The van der Waals surface area contributed by atoms with Crippen molar-refractivity contribution in [2.75, 3.05) is 12.5 Å². The molecule has 0 radical (unpaired) electrons. The molecule has 2 aliphatic carbocycles. The summed E-state index contributed by atoms with van der Waals surface area (Å²) in [6.45, 7) is 6.16. The van der Waals surface area contributed by atoms with Crippen molar-refractivity contribution in [3.63, 3.8) is 0 Å². The van der Waals surface area contributed by atoms with E-state index in [2.05, 4.69) is 111 Å². The van der Waals surface area contributed by atoms with Gasteiger partial charge in [0.25, 0.3) is 0 Å². The summed E-state index contributed by atoms with van der Waals surface area (Å²) in [7, 11) is -1.08. The van der Waals surface area contributed by atoms with Crippen molar-refractivity contribution >= 4 is 10.0 Å². The Hall–Kier alpha value is -4.73. The molecule has 4 unspecified atom stereocenters. The highest BCUT2D eigenvalue weighted by atomic mass is 32.3. The second-order valence-corrected chi connectivity index (χ2v) is 19.0. The molecule has 0 spiro atoms. The van der Waals surface area contributed by atoms with E-state index in [1.54, 1.807) is 22.3 Å². The van der Waals surface area contributed by atoms with Gasteiger partial charge in [-0.05, 0) is 117 Å². The molecule has 258 valence electrons. The normalized spacial score (nSPS) is 19.7. The van der Waals surface area contributed by atoms with E-state index in [9.17, 15) is 0 Å². The summed E-state index contributed by atoms with van der Waals surface area (Å²) in [5.74, 6) is 3.02. The van der Waals surface area contributed by atoms with E-state index in [4.69, 9.17) is 9.47 Å². The number of rotatable bonds is 10. The molecule has 0 amide bonds. The van der Waals surface area contributed by atoms with Gasteiger partial charge >= 0.3 is 0 Å². The topological polar surface area (TPSA) is 18.5 Å². The zero-order chi connectivity index (χ0) is 35.0. The number of benzene rings is 6. The summed E-state index contributed by atoms with van der Waals surface area (Å²) in [6.07, 6.45) is 7.56. The third-order valence-corrected chi connectivity index (χ3v) is 15.3. The van der Waals surface area contributed by atoms with Crippen LogP contribution in [0.5, 0.6) is 11.5 Å². The van der Waals surface area contributed by atoms with Crippen LogP contribution in [0.25, 0.3) is 22.3 Å². The van der Waals surface area contributed by atoms with Crippen LogP contribution in [0.3, 0.4) is 0 Å². The molecule has 6 aromatic rings. The zero-order valence-electron chi connectivity index (χ0n) is 30.2. The van der Waals surface area contributed by atoms with Gasteiger partial charge in [-0.1, -0.05) is 135 Å². The van der Waals surface area contributed by atoms with Gasteiger partial charge in [0.15, 0.2) is 0 Å². The van der Waals surface area contributed by atoms with Crippen molar-refractivity contribution < 1.29 is 9.47 Å². The Labute approximate surface area is 305 Å². The van der Waals surface area contributed by atoms with Gasteiger partial charge in [0.2, 0.25) is 0 Å². The number of hydrogen-bond acceptors (Lipinski definition) is 2. The maximum absolute atomic E-state index is 6.02. The SMILES string of the molecule is CC1Cc2c(-c3ccc(COc4ccccc4)cc3)cccc2C1S(C)(C)C1c2cccc(-c3ccc(COc4ccccc4)cc3)c2CC1C. The molecule has 8 rings (SSSR count). The van der Waals surface area contributed by atoms with Crippen LogP contribution in [0.2, 0.25) is 0 Å². The minimum Gasteiger partial charge on any atom is -0.489 e. The van der Waals surface area contributed by atoms with Crippen LogP contribution in [-0.4, -0.2) is 12.5 Å². The van der Waals surface area contributed by atoms with Crippen molar-refractivity contribution in [2.45, 2.75) is 50.4 Å². The lowest BCUT2D eigenvalue weighted by Crippen LogP contribution is -2.21. The predicted molar refractivity (Wildman–Crippen MR) is 216 cm³/mol. The minimum atomic E-state index is -1.08. The van der Waals surface area contributed by atoms with Gasteiger partial charge in [-0.2, -0.15) is 0 Å². The second kappa shape index (κ2) is 14.1. The van der Waals surface area contributed by atoms with Gasteiger partial charge in [-0.25, -0.2) is 10.0 Å².